The Bertz CT molecular complexity index is 181. The van der Waals surface area contributed by atoms with Gasteiger partial charge in [0.1, 0.15) is 0 Å². The Morgan fingerprint density at radius 1 is 1.38 bits per heavy atom. The SMILES string of the molecule is COCC1CC2(O)CCCCC1C2. The van der Waals surface area contributed by atoms with E-state index in [2.05, 4.69) is 0 Å². The fraction of sp³-hybridized carbons (Fsp3) is 1.00. The Labute approximate surface area is 80.3 Å². The zero-order valence-electron chi connectivity index (χ0n) is 8.46. The van der Waals surface area contributed by atoms with E-state index in [9.17, 15) is 5.11 Å². The van der Waals surface area contributed by atoms with E-state index in [-0.39, 0.29) is 5.60 Å². The molecule has 2 saturated carbocycles. The van der Waals surface area contributed by atoms with Crippen molar-refractivity contribution in [2.75, 3.05) is 13.7 Å². The van der Waals surface area contributed by atoms with Gasteiger partial charge >= 0.3 is 0 Å². The minimum atomic E-state index is -0.329. The third-order valence-corrected chi connectivity index (χ3v) is 3.80. The van der Waals surface area contributed by atoms with Gasteiger partial charge in [-0.3, -0.25) is 0 Å². The van der Waals surface area contributed by atoms with E-state index in [0.717, 1.165) is 31.8 Å². The van der Waals surface area contributed by atoms with Gasteiger partial charge in [0, 0.05) is 13.7 Å². The van der Waals surface area contributed by atoms with Crippen LogP contribution in [0.5, 0.6) is 0 Å². The smallest absolute Gasteiger partial charge is 0.0654 e. The Hall–Kier alpha value is -0.0800. The molecule has 3 atom stereocenters. The number of ether oxygens (including phenoxy) is 1. The first kappa shape index (κ1) is 9.47. The molecule has 0 spiro atoms. The van der Waals surface area contributed by atoms with Gasteiger partial charge in [-0.15, -0.1) is 0 Å². The first-order valence-corrected chi connectivity index (χ1v) is 5.45. The van der Waals surface area contributed by atoms with Crippen molar-refractivity contribution in [3.63, 3.8) is 0 Å². The van der Waals surface area contributed by atoms with Gasteiger partial charge in [-0.25, -0.2) is 0 Å². The molecular formula is C11H20O2. The van der Waals surface area contributed by atoms with Crippen LogP contribution in [0.4, 0.5) is 0 Å². The highest BCUT2D eigenvalue weighted by atomic mass is 16.5. The van der Waals surface area contributed by atoms with E-state index in [1.807, 2.05) is 0 Å². The molecule has 0 aromatic rings. The van der Waals surface area contributed by atoms with Crippen molar-refractivity contribution in [2.24, 2.45) is 11.8 Å². The van der Waals surface area contributed by atoms with Gasteiger partial charge in [-0.1, -0.05) is 12.8 Å². The standard InChI is InChI=1S/C11H20O2/c1-13-8-10-7-11(12)5-3-2-4-9(10)6-11/h9-10,12H,2-8H2,1H3. The monoisotopic (exact) mass is 184 g/mol. The van der Waals surface area contributed by atoms with Crippen LogP contribution in [0.25, 0.3) is 0 Å². The van der Waals surface area contributed by atoms with Crippen molar-refractivity contribution in [1.29, 1.82) is 0 Å². The molecule has 2 aliphatic carbocycles. The lowest BCUT2D eigenvalue weighted by Gasteiger charge is -2.22. The summed E-state index contributed by atoms with van der Waals surface area (Å²) in [4.78, 5) is 0. The Morgan fingerprint density at radius 2 is 2.23 bits per heavy atom. The van der Waals surface area contributed by atoms with Crippen molar-refractivity contribution in [2.45, 2.75) is 44.1 Å². The zero-order valence-corrected chi connectivity index (χ0v) is 8.46. The highest BCUT2D eigenvalue weighted by Gasteiger charge is 2.44. The van der Waals surface area contributed by atoms with Crippen LogP contribution in [0, 0.1) is 11.8 Å². The van der Waals surface area contributed by atoms with Crippen molar-refractivity contribution in [3.05, 3.63) is 0 Å². The molecule has 2 bridgehead atoms. The first-order valence-electron chi connectivity index (χ1n) is 5.45. The fourth-order valence-electron chi connectivity index (χ4n) is 3.20. The molecule has 0 aromatic carbocycles. The van der Waals surface area contributed by atoms with Gasteiger partial charge in [0.2, 0.25) is 0 Å². The molecular weight excluding hydrogens is 164 g/mol. The van der Waals surface area contributed by atoms with Crippen LogP contribution >= 0.6 is 0 Å². The molecule has 2 fully saturated rings. The number of hydrogen-bond donors (Lipinski definition) is 1. The maximum atomic E-state index is 10.2. The number of rotatable bonds is 2. The first-order chi connectivity index (χ1) is 6.23. The number of methoxy groups -OCH3 is 1. The Balaban J connectivity index is 2.03. The molecule has 2 nitrogen and oxygen atoms in total. The highest BCUT2D eigenvalue weighted by molar-refractivity contribution is 4.96. The van der Waals surface area contributed by atoms with Crippen LogP contribution in [-0.2, 0) is 4.74 Å². The molecule has 13 heavy (non-hydrogen) atoms. The van der Waals surface area contributed by atoms with E-state index in [0.29, 0.717) is 5.92 Å². The summed E-state index contributed by atoms with van der Waals surface area (Å²) in [7, 11) is 1.76. The second-order valence-corrected chi connectivity index (χ2v) is 4.85. The normalized spacial score (nSPS) is 44.8. The average Bonchev–Trinajstić information content (AvgIpc) is 2.28. The zero-order chi connectivity index (χ0) is 9.31. The molecule has 2 rings (SSSR count). The van der Waals surface area contributed by atoms with Gasteiger partial charge in [0.25, 0.3) is 0 Å². The lowest BCUT2D eigenvalue weighted by Crippen LogP contribution is -2.24. The molecule has 1 N–H and O–H groups in total. The molecule has 2 heteroatoms. The third kappa shape index (κ3) is 1.89. The summed E-state index contributed by atoms with van der Waals surface area (Å²) >= 11 is 0. The Kier molecular flexibility index (Phi) is 2.61. The summed E-state index contributed by atoms with van der Waals surface area (Å²) in [6.45, 7) is 0.840. The lowest BCUT2D eigenvalue weighted by atomic mass is 9.90. The summed E-state index contributed by atoms with van der Waals surface area (Å²) in [5, 5.41) is 10.2. The summed E-state index contributed by atoms with van der Waals surface area (Å²) in [6.07, 6.45) is 6.84. The van der Waals surface area contributed by atoms with Gasteiger partial charge < -0.3 is 9.84 Å². The van der Waals surface area contributed by atoms with Crippen molar-refractivity contribution in [3.8, 4) is 0 Å². The van der Waals surface area contributed by atoms with Crippen molar-refractivity contribution < 1.29 is 9.84 Å². The van der Waals surface area contributed by atoms with Crippen LogP contribution < -0.4 is 0 Å². The minimum absolute atomic E-state index is 0.329. The van der Waals surface area contributed by atoms with Crippen molar-refractivity contribution >= 4 is 0 Å². The molecule has 0 saturated heterocycles. The number of hydrogen-bond acceptors (Lipinski definition) is 2. The molecule has 0 radical (unpaired) electrons. The predicted octanol–water partition coefficient (Wildman–Crippen LogP) is 1.96. The van der Waals surface area contributed by atoms with Crippen LogP contribution in [0.1, 0.15) is 38.5 Å². The van der Waals surface area contributed by atoms with Crippen molar-refractivity contribution in [1.82, 2.24) is 0 Å². The second kappa shape index (κ2) is 3.58. The molecule has 3 unspecified atom stereocenters. The summed E-state index contributed by atoms with van der Waals surface area (Å²) in [5.74, 6) is 1.35. The van der Waals surface area contributed by atoms with E-state index >= 15 is 0 Å². The highest BCUT2D eigenvalue weighted by Crippen LogP contribution is 2.47. The summed E-state index contributed by atoms with van der Waals surface area (Å²) in [5.41, 5.74) is -0.329. The molecule has 0 amide bonds. The van der Waals surface area contributed by atoms with Gasteiger partial charge in [0.15, 0.2) is 0 Å². The van der Waals surface area contributed by atoms with Crippen LogP contribution in [0.15, 0.2) is 0 Å². The van der Waals surface area contributed by atoms with Crippen LogP contribution in [-0.4, -0.2) is 24.4 Å². The summed E-state index contributed by atoms with van der Waals surface area (Å²) in [6, 6.07) is 0. The fourth-order valence-corrected chi connectivity index (χ4v) is 3.20. The van der Waals surface area contributed by atoms with Gasteiger partial charge in [0.05, 0.1) is 5.60 Å². The topological polar surface area (TPSA) is 29.5 Å². The van der Waals surface area contributed by atoms with E-state index in [1.54, 1.807) is 7.11 Å². The van der Waals surface area contributed by atoms with Crippen LogP contribution in [0.2, 0.25) is 0 Å². The van der Waals surface area contributed by atoms with Gasteiger partial charge in [-0.2, -0.15) is 0 Å². The van der Waals surface area contributed by atoms with E-state index in [1.165, 1.54) is 19.3 Å². The van der Waals surface area contributed by atoms with Crippen LogP contribution in [0.3, 0.4) is 0 Å². The quantitative estimate of drug-likeness (QED) is 0.711. The van der Waals surface area contributed by atoms with Gasteiger partial charge in [-0.05, 0) is 37.5 Å². The maximum Gasteiger partial charge on any atom is 0.0654 e. The largest absolute Gasteiger partial charge is 0.390 e. The molecule has 0 aromatic heterocycles. The maximum absolute atomic E-state index is 10.2. The predicted molar refractivity (Wildman–Crippen MR) is 51.5 cm³/mol. The number of aliphatic hydroxyl groups is 1. The Morgan fingerprint density at radius 3 is 3.00 bits per heavy atom. The average molecular weight is 184 g/mol. The molecule has 76 valence electrons. The van der Waals surface area contributed by atoms with E-state index < -0.39 is 0 Å². The third-order valence-electron chi connectivity index (χ3n) is 3.80. The molecule has 2 aliphatic rings. The molecule has 0 aliphatic heterocycles. The number of fused-ring (bicyclic) bond motifs is 2. The molecule has 0 heterocycles. The second-order valence-electron chi connectivity index (χ2n) is 4.85. The van der Waals surface area contributed by atoms with E-state index in [4.69, 9.17) is 4.74 Å². The minimum Gasteiger partial charge on any atom is -0.390 e. The summed E-state index contributed by atoms with van der Waals surface area (Å²) < 4.78 is 5.21. The lowest BCUT2D eigenvalue weighted by molar-refractivity contribution is 0.0282.